The van der Waals surface area contributed by atoms with Crippen molar-refractivity contribution < 1.29 is 9.84 Å². The number of hydrogen-bond donors (Lipinski definition) is 1. The van der Waals surface area contributed by atoms with E-state index >= 15 is 0 Å². The van der Waals surface area contributed by atoms with E-state index in [-0.39, 0.29) is 12.2 Å². The number of nitrogens with zero attached hydrogens (tertiary/aromatic N) is 1. The van der Waals surface area contributed by atoms with Crippen LogP contribution >= 0.6 is 27.5 Å². The second-order valence-corrected chi connectivity index (χ2v) is 6.54. The van der Waals surface area contributed by atoms with E-state index in [4.69, 9.17) is 16.3 Å². The van der Waals surface area contributed by atoms with Crippen molar-refractivity contribution in [2.45, 2.75) is 37.6 Å². The maximum atomic E-state index is 10.7. The minimum Gasteiger partial charge on any atom is -0.387 e. The van der Waals surface area contributed by atoms with Gasteiger partial charge in [-0.3, -0.25) is 0 Å². The summed E-state index contributed by atoms with van der Waals surface area (Å²) in [5.41, 5.74) is -0.193. The molecule has 5 heteroatoms. The van der Waals surface area contributed by atoms with Crippen molar-refractivity contribution in [1.82, 2.24) is 0 Å². The summed E-state index contributed by atoms with van der Waals surface area (Å²) < 4.78 is 6.53. The molecule has 2 bridgehead atoms. The normalized spacial score (nSPS) is 34.2. The van der Waals surface area contributed by atoms with Gasteiger partial charge in [-0.2, -0.15) is 5.26 Å². The quantitative estimate of drug-likeness (QED) is 0.893. The van der Waals surface area contributed by atoms with Gasteiger partial charge in [0.15, 0.2) is 0 Å². The lowest BCUT2D eigenvalue weighted by atomic mass is 9.69. The molecular formula is C14H13BrClNO2. The lowest BCUT2D eigenvalue weighted by Gasteiger charge is -2.33. The van der Waals surface area contributed by atoms with Gasteiger partial charge in [0.25, 0.3) is 0 Å². The first-order valence-electron chi connectivity index (χ1n) is 6.26. The number of aliphatic hydroxyl groups excluding tert-OH is 1. The number of benzene rings is 1. The number of fused-ring (bicyclic) bond motifs is 2. The van der Waals surface area contributed by atoms with E-state index in [1.54, 1.807) is 18.2 Å². The third-order valence-electron chi connectivity index (χ3n) is 4.20. The molecular weight excluding hydrogens is 330 g/mol. The number of halogens is 2. The summed E-state index contributed by atoms with van der Waals surface area (Å²) in [6.07, 6.45) is 1.46. The molecule has 2 saturated heterocycles. The van der Waals surface area contributed by atoms with Crippen molar-refractivity contribution in [3.8, 4) is 6.07 Å². The molecule has 4 atom stereocenters. The zero-order chi connectivity index (χ0) is 13.6. The Morgan fingerprint density at radius 1 is 1.53 bits per heavy atom. The molecule has 0 radical (unpaired) electrons. The van der Waals surface area contributed by atoms with Crippen molar-refractivity contribution in [2.75, 3.05) is 0 Å². The number of ether oxygens (including phenoxy) is 1. The summed E-state index contributed by atoms with van der Waals surface area (Å²) in [5.74, 6) is 0. The zero-order valence-electron chi connectivity index (χ0n) is 10.1. The molecule has 0 aliphatic carbocycles. The molecule has 2 fully saturated rings. The van der Waals surface area contributed by atoms with Crippen molar-refractivity contribution >= 4 is 27.5 Å². The molecule has 100 valence electrons. The topological polar surface area (TPSA) is 53.2 Å². The van der Waals surface area contributed by atoms with Crippen LogP contribution in [0.15, 0.2) is 22.7 Å². The number of nitriles is 1. The molecule has 3 rings (SSSR count). The third kappa shape index (κ3) is 2.00. The van der Waals surface area contributed by atoms with E-state index in [9.17, 15) is 10.4 Å². The molecule has 1 aromatic rings. The van der Waals surface area contributed by atoms with Crippen LogP contribution in [-0.2, 0) is 4.74 Å². The highest BCUT2D eigenvalue weighted by Gasteiger charge is 2.57. The fourth-order valence-electron chi connectivity index (χ4n) is 3.21. The molecule has 0 amide bonds. The lowest BCUT2D eigenvalue weighted by Crippen LogP contribution is -2.37. The fourth-order valence-corrected chi connectivity index (χ4v) is 3.86. The van der Waals surface area contributed by atoms with Crippen LogP contribution < -0.4 is 0 Å². The highest BCUT2D eigenvalue weighted by Crippen LogP contribution is 2.54. The van der Waals surface area contributed by atoms with Gasteiger partial charge in [-0.25, -0.2) is 0 Å². The van der Waals surface area contributed by atoms with Gasteiger partial charge in [0.1, 0.15) is 11.5 Å². The van der Waals surface area contributed by atoms with Crippen LogP contribution in [0.4, 0.5) is 0 Å². The molecule has 4 unspecified atom stereocenters. The first-order chi connectivity index (χ1) is 9.06. The number of hydrogen-bond acceptors (Lipinski definition) is 3. The van der Waals surface area contributed by atoms with E-state index in [0.29, 0.717) is 17.0 Å². The summed E-state index contributed by atoms with van der Waals surface area (Å²) in [6.45, 7) is 0. The van der Waals surface area contributed by atoms with Crippen LogP contribution in [0.2, 0.25) is 5.02 Å². The van der Waals surface area contributed by atoms with Crippen LogP contribution in [0, 0.1) is 16.7 Å². The Morgan fingerprint density at radius 2 is 2.32 bits per heavy atom. The highest BCUT2D eigenvalue weighted by molar-refractivity contribution is 9.10. The number of rotatable bonds is 2. The first-order valence-corrected chi connectivity index (χ1v) is 7.43. The highest BCUT2D eigenvalue weighted by atomic mass is 79.9. The Bertz CT molecular complexity index is 559. The minimum atomic E-state index is -0.888. The van der Waals surface area contributed by atoms with Crippen molar-refractivity contribution in [3.05, 3.63) is 33.3 Å². The van der Waals surface area contributed by atoms with Crippen LogP contribution in [0.5, 0.6) is 0 Å². The van der Waals surface area contributed by atoms with E-state index in [1.165, 1.54) is 0 Å². The Morgan fingerprint density at radius 3 is 2.89 bits per heavy atom. The standard InChI is InChI=1S/C14H13BrClNO2/c15-11-3-1-8(16)5-10(11)13(18)14(7-17)6-9-2-4-12(14)19-9/h1,3,5,9,12-13,18H,2,4,6H2. The molecule has 19 heavy (non-hydrogen) atoms. The van der Waals surface area contributed by atoms with Gasteiger partial charge in [-0.1, -0.05) is 27.5 Å². The second-order valence-electron chi connectivity index (χ2n) is 5.25. The molecule has 3 nitrogen and oxygen atoms in total. The van der Waals surface area contributed by atoms with Gasteiger partial charge >= 0.3 is 0 Å². The average Bonchev–Trinajstić information content (AvgIpc) is 3.01. The van der Waals surface area contributed by atoms with Crippen molar-refractivity contribution in [2.24, 2.45) is 5.41 Å². The van der Waals surface area contributed by atoms with E-state index in [1.807, 2.05) is 0 Å². The van der Waals surface area contributed by atoms with Crippen molar-refractivity contribution in [1.29, 1.82) is 5.26 Å². The van der Waals surface area contributed by atoms with Gasteiger partial charge in [-0.15, -0.1) is 0 Å². The van der Waals surface area contributed by atoms with Crippen molar-refractivity contribution in [3.63, 3.8) is 0 Å². The maximum absolute atomic E-state index is 10.7. The summed E-state index contributed by atoms with van der Waals surface area (Å²) in [6, 6.07) is 7.56. The Balaban J connectivity index is 2.01. The molecule has 1 N–H and O–H groups in total. The molecule has 1 aromatic carbocycles. The van der Waals surface area contributed by atoms with Gasteiger partial charge < -0.3 is 9.84 Å². The van der Waals surface area contributed by atoms with Crippen LogP contribution in [-0.4, -0.2) is 17.3 Å². The fraction of sp³-hybridized carbons (Fsp3) is 0.500. The maximum Gasteiger partial charge on any atom is 0.116 e. The Labute approximate surface area is 125 Å². The number of aliphatic hydroxyl groups is 1. The van der Waals surface area contributed by atoms with Crippen LogP contribution in [0.25, 0.3) is 0 Å². The molecule has 0 aromatic heterocycles. The lowest BCUT2D eigenvalue weighted by molar-refractivity contribution is 0.00307. The molecule has 2 aliphatic rings. The van der Waals surface area contributed by atoms with Gasteiger partial charge in [0.2, 0.25) is 0 Å². The molecule has 0 spiro atoms. The van der Waals surface area contributed by atoms with Gasteiger partial charge in [0, 0.05) is 9.50 Å². The molecule has 2 heterocycles. The third-order valence-corrected chi connectivity index (χ3v) is 5.15. The Kier molecular flexibility index (Phi) is 3.34. The molecule has 0 saturated carbocycles. The van der Waals surface area contributed by atoms with E-state index in [0.717, 1.165) is 17.3 Å². The van der Waals surface area contributed by atoms with Crippen LogP contribution in [0.3, 0.4) is 0 Å². The minimum absolute atomic E-state index is 0.109. The Hall–Kier alpha value is -0.600. The summed E-state index contributed by atoms with van der Waals surface area (Å²) in [4.78, 5) is 0. The van der Waals surface area contributed by atoms with Gasteiger partial charge in [-0.05, 0) is 43.0 Å². The smallest absolute Gasteiger partial charge is 0.116 e. The SMILES string of the molecule is N#CC1(C(O)c2cc(Cl)ccc2Br)CC2CCC1O2. The first kappa shape index (κ1) is 13.4. The summed E-state index contributed by atoms with van der Waals surface area (Å²) >= 11 is 9.40. The largest absolute Gasteiger partial charge is 0.387 e. The monoisotopic (exact) mass is 341 g/mol. The summed E-state index contributed by atoms with van der Waals surface area (Å²) in [5, 5.41) is 20.8. The second kappa shape index (κ2) is 4.75. The van der Waals surface area contributed by atoms with E-state index in [2.05, 4.69) is 22.0 Å². The van der Waals surface area contributed by atoms with Crippen LogP contribution in [0.1, 0.15) is 30.9 Å². The molecule has 2 aliphatic heterocycles. The predicted molar refractivity (Wildman–Crippen MR) is 74.7 cm³/mol. The zero-order valence-corrected chi connectivity index (χ0v) is 12.5. The average molecular weight is 343 g/mol. The predicted octanol–water partition coefficient (Wildman–Crippen LogP) is 3.60. The summed E-state index contributed by atoms with van der Waals surface area (Å²) in [7, 11) is 0. The van der Waals surface area contributed by atoms with E-state index < -0.39 is 11.5 Å². The van der Waals surface area contributed by atoms with Gasteiger partial charge in [0.05, 0.1) is 18.3 Å².